The summed E-state index contributed by atoms with van der Waals surface area (Å²) in [4.78, 5) is 20.6. The van der Waals surface area contributed by atoms with E-state index < -0.39 is 21.2 Å². The van der Waals surface area contributed by atoms with E-state index in [9.17, 15) is 20.2 Å². The number of hydrogen-bond donors (Lipinski definition) is 1. The van der Waals surface area contributed by atoms with Crippen molar-refractivity contribution in [1.82, 2.24) is 0 Å². The number of benzene rings is 3. The van der Waals surface area contributed by atoms with Gasteiger partial charge < -0.3 is 9.47 Å². The highest BCUT2D eigenvalue weighted by molar-refractivity contribution is 6.35. The van der Waals surface area contributed by atoms with Crippen molar-refractivity contribution >= 4 is 46.5 Å². The number of nitro groups is 2. The summed E-state index contributed by atoms with van der Waals surface area (Å²) < 4.78 is 11.2. The van der Waals surface area contributed by atoms with Crippen LogP contribution in [0.1, 0.15) is 11.1 Å². The van der Waals surface area contributed by atoms with Crippen molar-refractivity contribution in [3.63, 3.8) is 0 Å². The van der Waals surface area contributed by atoms with E-state index in [2.05, 4.69) is 10.5 Å². The number of nitrogens with zero attached hydrogens (tertiary/aromatic N) is 3. The predicted molar refractivity (Wildman–Crippen MR) is 125 cm³/mol. The highest BCUT2D eigenvalue weighted by Crippen LogP contribution is 2.32. The minimum absolute atomic E-state index is 0.000182. The van der Waals surface area contributed by atoms with Gasteiger partial charge in [0.25, 0.3) is 5.69 Å². The van der Waals surface area contributed by atoms with Crippen LogP contribution in [0.5, 0.6) is 11.5 Å². The van der Waals surface area contributed by atoms with Crippen LogP contribution in [0.3, 0.4) is 0 Å². The number of halogens is 2. The lowest BCUT2D eigenvalue weighted by atomic mass is 10.2. The van der Waals surface area contributed by atoms with Gasteiger partial charge in [0.05, 0.1) is 29.2 Å². The molecule has 0 aliphatic carbocycles. The molecule has 3 aromatic rings. The molecule has 0 unspecified atom stereocenters. The maximum absolute atomic E-state index is 11.2. The zero-order valence-corrected chi connectivity index (χ0v) is 18.5. The summed E-state index contributed by atoms with van der Waals surface area (Å²) in [5.41, 5.74) is 2.87. The zero-order valence-electron chi connectivity index (χ0n) is 17.0. The van der Waals surface area contributed by atoms with Crippen molar-refractivity contribution in [3.05, 3.63) is 96.0 Å². The van der Waals surface area contributed by atoms with E-state index in [0.717, 1.165) is 12.1 Å². The molecule has 0 heterocycles. The molecule has 0 radical (unpaired) electrons. The molecular weight excluding hydrogens is 475 g/mol. The summed E-state index contributed by atoms with van der Waals surface area (Å²) in [5.74, 6) is 0.869. The number of rotatable bonds is 9. The molecule has 0 aliphatic heterocycles. The molecule has 0 atom stereocenters. The molecule has 0 fully saturated rings. The van der Waals surface area contributed by atoms with Crippen molar-refractivity contribution in [1.29, 1.82) is 0 Å². The fraction of sp³-hybridized carbons (Fsp3) is 0.0952. The summed E-state index contributed by atoms with van der Waals surface area (Å²) in [7, 11) is 1.49. The molecule has 3 rings (SSSR count). The van der Waals surface area contributed by atoms with E-state index in [1.165, 1.54) is 19.4 Å². The van der Waals surface area contributed by atoms with E-state index in [1.54, 1.807) is 36.4 Å². The number of hydrogen-bond acceptors (Lipinski definition) is 8. The standard InChI is InChI=1S/C21H16Cl2N4O6/c1-32-20-8-5-13(9-21(20)33-12-15-16(22)3-2-4-17(15)23)11-24-25-18-7-6-14(26(28)29)10-19(18)27(30)31/h2-11,25H,12H2,1H3/b24-11-. The van der Waals surface area contributed by atoms with Gasteiger partial charge in [-0.25, -0.2) is 0 Å². The van der Waals surface area contributed by atoms with Gasteiger partial charge in [0.15, 0.2) is 11.5 Å². The summed E-state index contributed by atoms with van der Waals surface area (Å²) in [6.45, 7) is 0.0999. The first-order valence-electron chi connectivity index (χ1n) is 9.25. The molecule has 0 aliphatic rings. The van der Waals surface area contributed by atoms with Crippen LogP contribution in [0.15, 0.2) is 59.7 Å². The van der Waals surface area contributed by atoms with Gasteiger partial charge in [0.1, 0.15) is 12.3 Å². The number of anilines is 1. The van der Waals surface area contributed by atoms with E-state index in [0.29, 0.717) is 32.7 Å². The molecule has 170 valence electrons. The molecule has 12 heteroatoms. The van der Waals surface area contributed by atoms with Crippen LogP contribution in [0.25, 0.3) is 0 Å². The molecular formula is C21H16Cl2N4O6. The van der Waals surface area contributed by atoms with Crippen LogP contribution in [-0.2, 0) is 6.61 Å². The van der Waals surface area contributed by atoms with E-state index >= 15 is 0 Å². The average Bonchev–Trinajstić information content (AvgIpc) is 2.78. The Balaban J connectivity index is 1.78. The van der Waals surface area contributed by atoms with E-state index in [4.69, 9.17) is 32.7 Å². The number of ether oxygens (including phenoxy) is 2. The molecule has 33 heavy (non-hydrogen) atoms. The largest absolute Gasteiger partial charge is 0.493 e. The summed E-state index contributed by atoms with van der Waals surface area (Å²) >= 11 is 12.4. The summed E-state index contributed by atoms with van der Waals surface area (Å²) in [5, 5.41) is 27.0. The SMILES string of the molecule is COc1ccc(/C=N\Nc2ccc([N+](=O)[O-])cc2[N+](=O)[O-])cc1OCc1c(Cl)cccc1Cl. The second kappa shape index (κ2) is 10.6. The van der Waals surface area contributed by atoms with Crippen molar-refractivity contribution in [2.24, 2.45) is 5.10 Å². The maximum atomic E-state index is 11.2. The van der Waals surface area contributed by atoms with Crippen molar-refractivity contribution in [2.45, 2.75) is 6.61 Å². The third-order valence-corrected chi connectivity index (χ3v) is 5.12. The fourth-order valence-electron chi connectivity index (χ4n) is 2.76. The lowest BCUT2D eigenvalue weighted by Crippen LogP contribution is -2.01. The van der Waals surface area contributed by atoms with E-state index in [1.807, 2.05) is 0 Å². The van der Waals surface area contributed by atoms with Crippen molar-refractivity contribution in [2.75, 3.05) is 12.5 Å². The molecule has 0 spiro atoms. The lowest BCUT2D eigenvalue weighted by molar-refractivity contribution is -0.393. The number of nitro benzene ring substituents is 2. The topological polar surface area (TPSA) is 129 Å². The minimum Gasteiger partial charge on any atom is -0.493 e. The quantitative estimate of drug-likeness (QED) is 0.226. The maximum Gasteiger partial charge on any atom is 0.301 e. The summed E-state index contributed by atoms with van der Waals surface area (Å²) in [6, 6.07) is 13.4. The van der Waals surface area contributed by atoms with Gasteiger partial charge in [-0.15, -0.1) is 0 Å². The Morgan fingerprint density at radius 2 is 1.73 bits per heavy atom. The monoisotopic (exact) mass is 490 g/mol. The highest BCUT2D eigenvalue weighted by atomic mass is 35.5. The van der Waals surface area contributed by atoms with Gasteiger partial charge in [0.2, 0.25) is 0 Å². The Hall–Kier alpha value is -3.89. The molecule has 0 amide bonds. The first-order valence-corrected chi connectivity index (χ1v) is 10.0. The first kappa shape index (κ1) is 23.8. The molecule has 0 bridgehead atoms. The predicted octanol–water partition coefficient (Wildman–Crippen LogP) is 5.84. The first-order chi connectivity index (χ1) is 15.8. The Labute approximate surface area is 197 Å². The number of hydrazone groups is 1. The lowest BCUT2D eigenvalue weighted by Gasteiger charge is -2.13. The normalized spacial score (nSPS) is 10.8. The van der Waals surface area contributed by atoms with Crippen LogP contribution in [0.2, 0.25) is 10.0 Å². The second-order valence-electron chi connectivity index (χ2n) is 6.48. The Kier molecular flexibility index (Phi) is 7.65. The molecule has 10 nitrogen and oxygen atoms in total. The molecule has 0 saturated carbocycles. The second-order valence-corrected chi connectivity index (χ2v) is 7.30. The highest BCUT2D eigenvalue weighted by Gasteiger charge is 2.19. The van der Waals surface area contributed by atoms with Crippen LogP contribution in [0, 0.1) is 20.2 Å². The zero-order chi connectivity index (χ0) is 24.0. The summed E-state index contributed by atoms with van der Waals surface area (Å²) in [6.07, 6.45) is 1.40. The van der Waals surface area contributed by atoms with Gasteiger partial charge in [-0.3, -0.25) is 25.7 Å². The number of methoxy groups -OCH3 is 1. The van der Waals surface area contributed by atoms with Gasteiger partial charge in [0, 0.05) is 21.7 Å². The van der Waals surface area contributed by atoms with E-state index in [-0.39, 0.29) is 12.3 Å². The smallest absolute Gasteiger partial charge is 0.301 e. The number of nitrogens with one attached hydrogen (secondary N) is 1. The van der Waals surface area contributed by atoms with Crippen LogP contribution >= 0.6 is 23.2 Å². The molecule has 0 aromatic heterocycles. The molecule has 3 aromatic carbocycles. The van der Waals surface area contributed by atoms with Gasteiger partial charge >= 0.3 is 5.69 Å². The fourth-order valence-corrected chi connectivity index (χ4v) is 3.27. The third kappa shape index (κ3) is 5.88. The molecule has 0 saturated heterocycles. The Morgan fingerprint density at radius 1 is 1.00 bits per heavy atom. The van der Waals surface area contributed by atoms with Crippen LogP contribution in [0.4, 0.5) is 17.1 Å². The van der Waals surface area contributed by atoms with Gasteiger partial charge in [-0.2, -0.15) is 5.10 Å². The van der Waals surface area contributed by atoms with Gasteiger partial charge in [-0.05, 0) is 42.0 Å². The van der Waals surface area contributed by atoms with Crippen LogP contribution < -0.4 is 14.9 Å². The Morgan fingerprint density at radius 3 is 2.36 bits per heavy atom. The third-order valence-electron chi connectivity index (χ3n) is 4.41. The van der Waals surface area contributed by atoms with Crippen LogP contribution in [-0.4, -0.2) is 23.2 Å². The van der Waals surface area contributed by atoms with Crippen molar-refractivity contribution in [3.8, 4) is 11.5 Å². The number of non-ortho nitro benzene ring substituents is 1. The minimum atomic E-state index is -0.732. The Bertz CT molecular complexity index is 1220. The molecule has 1 N–H and O–H groups in total. The van der Waals surface area contributed by atoms with Gasteiger partial charge in [-0.1, -0.05) is 29.3 Å². The average molecular weight is 491 g/mol. The van der Waals surface area contributed by atoms with Crippen molar-refractivity contribution < 1.29 is 19.3 Å².